The molecule has 1 saturated heterocycles. The highest BCUT2D eigenvalue weighted by Crippen LogP contribution is 2.35. The number of rotatable bonds is 5. The van der Waals surface area contributed by atoms with Gasteiger partial charge in [0.2, 0.25) is 0 Å². The SMILES string of the molecule is CCCNC(c1cc2cccc(Cl)c2o1)C1CCC(C)O1. The Morgan fingerprint density at radius 2 is 2.24 bits per heavy atom. The average Bonchev–Trinajstić information content (AvgIpc) is 3.07. The molecule has 1 fully saturated rings. The van der Waals surface area contributed by atoms with E-state index in [0.717, 1.165) is 42.5 Å². The van der Waals surface area contributed by atoms with Crippen LogP contribution >= 0.6 is 11.6 Å². The molecule has 3 rings (SSSR count). The fourth-order valence-corrected chi connectivity index (χ4v) is 3.21. The minimum Gasteiger partial charge on any atom is -0.458 e. The maximum absolute atomic E-state index is 6.22. The molecule has 0 spiro atoms. The molecule has 1 aromatic carbocycles. The fourth-order valence-electron chi connectivity index (χ4n) is 2.99. The summed E-state index contributed by atoms with van der Waals surface area (Å²) in [5, 5.41) is 5.28. The second-order valence-electron chi connectivity index (χ2n) is 5.80. The Morgan fingerprint density at radius 3 is 2.90 bits per heavy atom. The summed E-state index contributed by atoms with van der Waals surface area (Å²) in [5.41, 5.74) is 0.767. The zero-order valence-corrected chi connectivity index (χ0v) is 13.3. The molecule has 3 atom stereocenters. The molecule has 3 nitrogen and oxygen atoms in total. The van der Waals surface area contributed by atoms with Crippen LogP contribution in [0.1, 0.15) is 44.9 Å². The number of furan rings is 1. The number of hydrogen-bond acceptors (Lipinski definition) is 3. The lowest BCUT2D eigenvalue weighted by molar-refractivity contribution is 0.0271. The van der Waals surface area contributed by atoms with Crippen molar-refractivity contribution in [1.29, 1.82) is 0 Å². The first-order chi connectivity index (χ1) is 10.2. The van der Waals surface area contributed by atoms with Crippen LogP contribution < -0.4 is 5.32 Å². The van der Waals surface area contributed by atoms with Crippen LogP contribution in [0.4, 0.5) is 0 Å². The van der Waals surface area contributed by atoms with Crippen LogP contribution in [0.2, 0.25) is 5.02 Å². The van der Waals surface area contributed by atoms with Crippen molar-refractivity contribution in [3.05, 3.63) is 35.0 Å². The monoisotopic (exact) mass is 307 g/mol. The van der Waals surface area contributed by atoms with Crippen molar-refractivity contribution in [2.45, 2.75) is 51.4 Å². The maximum atomic E-state index is 6.22. The van der Waals surface area contributed by atoms with E-state index in [4.69, 9.17) is 20.8 Å². The second-order valence-corrected chi connectivity index (χ2v) is 6.21. The molecule has 0 radical (unpaired) electrons. The molecule has 0 saturated carbocycles. The highest BCUT2D eigenvalue weighted by atomic mass is 35.5. The number of fused-ring (bicyclic) bond motifs is 1. The van der Waals surface area contributed by atoms with Gasteiger partial charge in [0.1, 0.15) is 5.76 Å². The highest BCUT2D eigenvalue weighted by molar-refractivity contribution is 6.34. The van der Waals surface area contributed by atoms with Crippen molar-refractivity contribution in [3.63, 3.8) is 0 Å². The van der Waals surface area contributed by atoms with Crippen LogP contribution in [0.25, 0.3) is 11.0 Å². The van der Waals surface area contributed by atoms with Gasteiger partial charge < -0.3 is 14.5 Å². The van der Waals surface area contributed by atoms with E-state index in [1.165, 1.54) is 0 Å². The summed E-state index contributed by atoms with van der Waals surface area (Å²) in [7, 11) is 0. The molecule has 21 heavy (non-hydrogen) atoms. The number of ether oxygens (including phenoxy) is 1. The van der Waals surface area contributed by atoms with E-state index in [-0.39, 0.29) is 12.1 Å². The van der Waals surface area contributed by atoms with Gasteiger partial charge in [0.15, 0.2) is 5.58 Å². The summed E-state index contributed by atoms with van der Waals surface area (Å²) in [4.78, 5) is 0. The second kappa shape index (κ2) is 6.39. The summed E-state index contributed by atoms with van der Waals surface area (Å²) in [6.45, 7) is 5.24. The van der Waals surface area contributed by atoms with Crippen LogP contribution in [-0.2, 0) is 4.74 Å². The summed E-state index contributed by atoms with van der Waals surface area (Å²) in [5.74, 6) is 0.922. The molecule has 3 unspecified atom stereocenters. The molecule has 1 aromatic heterocycles. The van der Waals surface area contributed by atoms with Crippen molar-refractivity contribution in [2.75, 3.05) is 6.54 Å². The Hall–Kier alpha value is -1.03. The maximum Gasteiger partial charge on any atom is 0.152 e. The standard InChI is InChI=1S/C17H22ClNO2/c1-3-9-19-16(14-8-7-11(2)20-14)15-10-12-5-4-6-13(18)17(12)21-15/h4-6,10-11,14,16,19H,3,7-9H2,1-2H3. The summed E-state index contributed by atoms with van der Waals surface area (Å²) < 4.78 is 12.1. The van der Waals surface area contributed by atoms with E-state index in [2.05, 4.69) is 25.2 Å². The first kappa shape index (κ1) is 14.9. The Labute approximate surface area is 130 Å². The fraction of sp³-hybridized carbons (Fsp3) is 0.529. The van der Waals surface area contributed by atoms with Crippen LogP contribution in [0, 0.1) is 0 Å². The zero-order valence-electron chi connectivity index (χ0n) is 12.6. The number of hydrogen-bond donors (Lipinski definition) is 1. The highest BCUT2D eigenvalue weighted by Gasteiger charge is 2.32. The van der Waals surface area contributed by atoms with Gasteiger partial charge in [-0.3, -0.25) is 0 Å². The van der Waals surface area contributed by atoms with Gasteiger partial charge >= 0.3 is 0 Å². The van der Waals surface area contributed by atoms with Crippen LogP contribution in [-0.4, -0.2) is 18.8 Å². The molecular formula is C17H22ClNO2. The van der Waals surface area contributed by atoms with E-state index in [1.807, 2.05) is 18.2 Å². The molecule has 0 bridgehead atoms. The van der Waals surface area contributed by atoms with E-state index < -0.39 is 0 Å². The Morgan fingerprint density at radius 1 is 1.38 bits per heavy atom. The topological polar surface area (TPSA) is 34.4 Å². The number of para-hydroxylation sites is 1. The van der Waals surface area contributed by atoms with Gasteiger partial charge in [-0.05, 0) is 44.9 Å². The van der Waals surface area contributed by atoms with Gasteiger partial charge in [0.05, 0.1) is 23.3 Å². The molecule has 1 N–H and O–H groups in total. The molecule has 0 amide bonds. The van der Waals surface area contributed by atoms with E-state index in [0.29, 0.717) is 11.1 Å². The molecule has 4 heteroatoms. The normalized spacial score (nSPS) is 23.8. The van der Waals surface area contributed by atoms with Gasteiger partial charge in [0, 0.05) is 5.39 Å². The third-order valence-electron chi connectivity index (χ3n) is 4.07. The van der Waals surface area contributed by atoms with Crippen molar-refractivity contribution >= 4 is 22.6 Å². The molecule has 114 valence electrons. The predicted octanol–water partition coefficient (Wildman–Crippen LogP) is 4.69. The molecule has 1 aliphatic rings. The summed E-state index contributed by atoms with van der Waals surface area (Å²) >= 11 is 6.22. The van der Waals surface area contributed by atoms with Crippen LogP contribution in [0.15, 0.2) is 28.7 Å². The Balaban J connectivity index is 1.91. The third kappa shape index (κ3) is 3.10. The molecule has 0 aliphatic carbocycles. The largest absolute Gasteiger partial charge is 0.458 e. The lowest BCUT2D eigenvalue weighted by Gasteiger charge is -2.23. The first-order valence-corrected chi connectivity index (χ1v) is 8.13. The lowest BCUT2D eigenvalue weighted by Crippen LogP contribution is -2.32. The molecule has 1 aliphatic heterocycles. The lowest BCUT2D eigenvalue weighted by atomic mass is 10.0. The number of nitrogens with one attached hydrogen (secondary N) is 1. The number of benzene rings is 1. The van der Waals surface area contributed by atoms with Gasteiger partial charge in [0.25, 0.3) is 0 Å². The van der Waals surface area contributed by atoms with E-state index in [9.17, 15) is 0 Å². The summed E-state index contributed by atoms with van der Waals surface area (Å²) in [6, 6.07) is 8.02. The van der Waals surface area contributed by atoms with Crippen molar-refractivity contribution in [2.24, 2.45) is 0 Å². The molecular weight excluding hydrogens is 286 g/mol. The molecule has 2 aromatic rings. The summed E-state index contributed by atoms with van der Waals surface area (Å²) in [6.07, 6.45) is 3.75. The zero-order chi connectivity index (χ0) is 14.8. The first-order valence-electron chi connectivity index (χ1n) is 7.76. The van der Waals surface area contributed by atoms with Crippen molar-refractivity contribution in [1.82, 2.24) is 5.32 Å². The Kier molecular flexibility index (Phi) is 4.53. The number of halogens is 1. The molecule has 2 heterocycles. The minimum absolute atomic E-state index is 0.0957. The van der Waals surface area contributed by atoms with Crippen LogP contribution in [0.3, 0.4) is 0 Å². The minimum atomic E-state index is 0.0957. The predicted molar refractivity (Wildman–Crippen MR) is 85.8 cm³/mol. The smallest absolute Gasteiger partial charge is 0.152 e. The van der Waals surface area contributed by atoms with Crippen molar-refractivity contribution in [3.8, 4) is 0 Å². The van der Waals surface area contributed by atoms with Gasteiger partial charge in [-0.25, -0.2) is 0 Å². The van der Waals surface area contributed by atoms with Gasteiger partial charge in [-0.15, -0.1) is 0 Å². The van der Waals surface area contributed by atoms with Gasteiger partial charge in [-0.2, -0.15) is 0 Å². The average molecular weight is 308 g/mol. The van der Waals surface area contributed by atoms with E-state index >= 15 is 0 Å². The van der Waals surface area contributed by atoms with Gasteiger partial charge in [-0.1, -0.05) is 30.7 Å². The third-order valence-corrected chi connectivity index (χ3v) is 4.37. The van der Waals surface area contributed by atoms with Crippen molar-refractivity contribution < 1.29 is 9.15 Å². The Bertz CT molecular complexity index is 610. The van der Waals surface area contributed by atoms with Crippen LogP contribution in [0.5, 0.6) is 0 Å². The van der Waals surface area contributed by atoms with E-state index in [1.54, 1.807) is 0 Å². The quantitative estimate of drug-likeness (QED) is 0.870.